The molecule has 1 aromatic carbocycles. The number of carbonyl (C=O) groups is 1. The zero-order valence-electron chi connectivity index (χ0n) is 9.90. The fourth-order valence-electron chi connectivity index (χ4n) is 2.10. The first-order valence-corrected chi connectivity index (χ1v) is 6.79. The van der Waals surface area contributed by atoms with Crippen LogP contribution in [0, 0.1) is 5.82 Å². The van der Waals surface area contributed by atoms with Gasteiger partial charge in [0, 0.05) is 22.6 Å². The molecule has 0 atom stereocenters. The molecule has 1 amide bonds. The van der Waals surface area contributed by atoms with Crippen LogP contribution in [0.25, 0.3) is 0 Å². The fraction of sp³-hybridized carbons (Fsp3) is 0.462. The predicted molar refractivity (Wildman–Crippen MR) is 69.9 cm³/mol. The molecule has 5 heteroatoms. The highest BCUT2D eigenvalue weighted by molar-refractivity contribution is 9.10. The molecule has 0 aromatic heterocycles. The lowest BCUT2D eigenvalue weighted by Gasteiger charge is -2.37. The van der Waals surface area contributed by atoms with E-state index in [1.807, 2.05) is 0 Å². The number of benzene rings is 1. The van der Waals surface area contributed by atoms with Crippen LogP contribution in [0.5, 0.6) is 0 Å². The molecule has 0 radical (unpaired) electrons. The van der Waals surface area contributed by atoms with Gasteiger partial charge in [-0.05, 0) is 37.5 Å². The normalized spacial score (nSPS) is 15.3. The summed E-state index contributed by atoms with van der Waals surface area (Å²) in [6, 6.07) is 4.34. The van der Waals surface area contributed by atoms with Gasteiger partial charge >= 0.3 is 0 Å². The number of nitrogens with zero attached hydrogens (tertiary/aromatic N) is 1. The molecular weight excluding hydrogens is 301 g/mol. The smallest absolute Gasteiger partial charge is 0.254 e. The first kappa shape index (κ1) is 13.5. The van der Waals surface area contributed by atoms with E-state index >= 15 is 0 Å². The third-order valence-electron chi connectivity index (χ3n) is 3.23. The van der Waals surface area contributed by atoms with Gasteiger partial charge < -0.3 is 10.0 Å². The Morgan fingerprint density at radius 3 is 2.67 bits per heavy atom. The molecule has 1 saturated carbocycles. The number of hydrogen-bond acceptors (Lipinski definition) is 2. The number of amides is 1. The molecule has 18 heavy (non-hydrogen) atoms. The van der Waals surface area contributed by atoms with Crippen LogP contribution in [0.1, 0.15) is 29.6 Å². The van der Waals surface area contributed by atoms with Crippen molar-refractivity contribution in [3.8, 4) is 0 Å². The Hall–Kier alpha value is -0.940. The number of halogens is 2. The highest BCUT2D eigenvalue weighted by Crippen LogP contribution is 2.26. The van der Waals surface area contributed by atoms with E-state index in [1.165, 1.54) is 12.1 Å². The lowest BCUT2D eigenvalue weighted by molar-refractivity contribution is 0.0525. The third-order valence-corrected chi connectivity index (χ3v) is 3.68. The van der Waals surface area contributed by atoms with Gasteiger partial charge in [-0.3, -0.25) is 4.79 Å². The third kappa shape index (κ3) is 2.90. The Morgan fingerprint density at radius 2 is 2.17 bits per heavy atom. The van der Waals surface area contributed by atoms with Crippen molar-refractivity contribution in [2.45, 2.75) is 25.3 Å². The molecule has 3 nitrogen and oxygen atoms in total. The van der Waals surface area contributed by atoms with Gasteiger partial charge in [0.25, 0.3) is 5.91 Å². The van der Waals surface area contributed by atoms with Crippen molar-refractivity contribution in [3.05, 3.63) is 34.1 Å². The summed E-state index contributed by atoms with van der Waals surface area (Å²) in [5, 5.41) is 9.03. The van der Waals surface area contributed by atoms with Crippen LogP contribution >= 0.6 is 15.9 Å². The molecular formula is C13H15BrFNO2. The maximum Gasteiger partial charge on any atom is 0.254 e. The van der Waals surface area contributed by atoms with Gasteiger partial charge in [-0.15, -0.1) is 0 Å². The van der Waals surface area contributed by atoms with Gasteiger partial charge in [-0.25, -0.2) is 4.39 Å². The number of rotatable bonds is 4. The van der Waals surface area contributed by atoms with E-state index < -0.39 is 5.82 Å². The Labute approximate surface area is 114 Å². The SMILES string of the molecule is O=C(c1cc(F)cc(Br)c1)N(CCO)C1CCC1. The van der Waals surface area contributed by atoms with Crippen LogP contribution in [0.15, 0.2) is 22.7 Å². The average Bonchev–Trinajstić information content (AvgIpc) is 2.23. The largest absolute Gasteiger partial charge is 0.395 e. The van der Waals surface area contributed by atoms with E-state index in [-0.39, 0.29) is 18.6 Å². The average molecular weight is 316 g/mol. The van der Waals surface area contributed by atoms with Gasteiger partial charge in [-0.1, -0.05) is 15.9 Å². The van der Waals surface area contributed by atoms with Gasteiger partial charge in [-0.2, -0.15) is 0 Å². The molecule has 0 spiro atoms. The summed E-state index contributed by atoms with van der Waals surface area (Å²) < 4.78 is 13.8. The molecule has 1 aliphatic rings. The molecule has 0 unspecified atom stereocenters. The van der Waals surface area contributed by atoms with Crippen molar-refractivity contribution in [2.24, 2.45) is 0 Å². The van der Waals surface area contributed by atoms with Crippen molar-refractivity contribution in [3.63, 3.8) is 0 Å². The topological polar surface area (TPSA) is 40.5 Å². The Balaban J connectivity index is 2.21. The van der Waals surface area contributed by atoms with Crippen LogP contribution in [-0.4, -0.2) is 35.1 Å². The standard InChI is InChI=1S/C13H15BrFNO2/c14-10-6-9(7-11(15)8-10)13(18)16(4-5-17)12-2-1-3-12/h6-8,12,17H,1-5H2. The van der Waals surface area contributed by atoms with Gasteiger partial charge in [0.05, 0.1) is 6.61 Å². The molecule has 0 heterocycles. The van der Waals surface area contributed by atoms with E-state index in [0.717, 1.165) is 19.3 Å². The van der Waals surface area contributed by atoms with Crippen molar-refractivity contribution in [1.29, 1.82) is 0 Å². The van der Waals surface area contributed by atoms with Crippen LogP contribution in [0.3, 0.4) is 0 Å². The van der Waals surface area contributed by atoms with E-state index in [1.54, 1.807) is 11.0 Å². The van der Waals surface area contributed by atoms with Crippen LogP contribution < -0.4 is 0 Å². The predicted octanol–water partition coefficient (Wildman–Crippen LogP) is 2.58. The summed E-state index contributed by atoms with van der Waals surface area (Å²) in [7, 11) is 0. The number of aliphatic hydroxyl groups excluding tert-OH is 1. The monoisotopic (exact) mass is 315 g/mol. The molecule has 2 rings (SSSR count). The van der Waals surface area contributed by atoms with Crippen molar-refractivity contribution in [1.82, 2.24) is 4.90 Å². The Kier molecular flexibility index (Phi) is 4.35. The molecule has 1 aliphatic carbocycles. The van der Waals surface area contributed by atoms with Crippen molar-refractivity contribution in [2.75, 3.05) is 13.2 Å². The molecule has 1 N–H and O–H groups in total. The van der Waals surface area contributed by atoms with Crippen LogP contribution in [-0.2, 0) is 0 Å². The summed E-state index contributed by atoms with van der Waals surface area (Å²) in [6.07, 6.45) is 3.02. The molecule has 0 bridgehead atoms. The van der Waals surface area contributed by atoms with Crippen LogP contribution in [0.2, 0.25) is 0 Å². The van der Waals surface area contributed by atoms with Gasteiger partial charge in [0.1, 0.15) is 5.82 Å². The molecule has 0 saturated heterocycles. The van der Waals surface area contributed by atoms with Crippen molar-refractivity contribution >= 4 is 21.8 Å². The highest BCUT2D eigenvalue weighted by Gasteiger charge is 2.29. The summed E-state index contributed by atoms with van der Waals surface area (Å²) in [5.74, 6) is -0.653. The highest BCUT2D eigenvalue weighted by atomic mass is 79.9. The van der Waals surface area contributed by atoms with E-state index in [4.69, 9.17) is 5.11 Å². The second-order valence-electron chi connectivity index (χ2n) is 4.47. The quantitative estimate of drug-likeness (QED) is 0.927. The van der Waals surface area contributed by atoms with Gasteiger partial charge in [0.15, 0.2) is 0 Å². The summed E-state index contributed by atoms with van der Waals surface area (Å²) in [6.45, 7) is 0.232. The summed E-state index contributed by atoms with van der Waals surface area (Å²) in [4.78, 5) is 13.9. The Bertz CT molecular complexity index is 428. The molecule has 1 aromatic rings. The fourth-order valence-corrected chi connectivity index (χ4v) is 2.56. The lowest BCUT2D eigenvalue weighted by atomic mass is 9.91. The zero-order chi connectivity index (χ0) is 13.1. The molecule has 0 aliphatic heterocycles. The minimum absolute atomic E-state index is 0.0707. The number of carbonyl (C=O) groups excluding carboxylic acids is 1. The Morgan fingerprint density at radius 1 is 1.44 bits per heavy atom. The molecule has 1 fully saturated rings. The maximum atomic E-state index is 13.3. The zero-order valence-corrected chi connectivity index (χ0v) is 11.5. The second-order valence-corrected chi connectivity index (χ2v) is 5.38. The van der Waals surface area contributed by atoms with Crippen LogP contribution in [0.4, 0.5) is 4.39 Å². The first-order chi connectivity index (χ1) is 8.61. The minimum Gasteiger partial charge on any atom is -0.395 e. The second kappa shape index (κ2) is 5.80. The minimum atomic E-state index is -0.440. The van der Waals surface area contributed by atoms with Gasteiger partial charge in [0.2, 0.25) is 0 Å². The summed E-state index contributed by atoms with van der Waals surface area (Å²) >= 11 is 3.18. The first-order valence-electron chi connectivity index (χ1n) is 5.99. The maximum absolute atomic E-state index is 13.3. The number of aliphatic hydroxyl groups is 1. The van der Waals surface area contributed by atoms with E-state index in [2.05, 4.69) is 15.9 Å². The lowest BCUT2D eigenvalue weighted by Crippen LogP contribution is -2.45. The van der Waals surface area contributed by atoms with E-state index in [9.17, 15) is 9.18 Å². The van der Waals surface area contributed by atoms with Crippen molar-refractivity contribution < 1.29 is 14.3 Å². The number of hydrogen-bond donors (Lipinski definition) is 1. The molecule has 98 valence electrons. The summed E-state index contributed by atoms with van der Waals surface area (Å²) in [5.41, 5.74) is 0.322. The van der Waals surface area contributed by atoms with E-state index in [0.29, 0.717) is 16.6 Å².